The van der Waals surface area contributed by atoms with E-state index in [9.17, 15) is 14.9 Å². The largest absolute Gasteiger partial charge is 0.303 e. The Morgan fingerprint density at radius 2 is 1.76 bits per heavy atom. The van der Waals surface area contributed by atoms with Gasteiger partial charge < -0.3 is 4.90 Å². The molecule has 4 aromatic rings. The van der Waals surface area contributed by atoms with Crippen molar-refractivity contribution in [3.63, 3.8) is 0 Å². The fourth-order valence-corrected chi connectivity index (χ4v) is 5.48. The number of benzene rings is 3. The summed E-state index contributed by atoms with van der Waals surface area (Å²) in [5.41, 5.74) is 2.60. The molecule has 188 valence electrons. The fourth-order valence-electron chi connectivity index (χ4n) is 4.14. The number of halogens is 3. The normalized spacial score (nSPS) is 13.7. The topological polar surface area (TPSA) is 86.1 Å². The summed E-state index contributed by atoms with van der Waals surface area (Å²) in [6, 6.07) is 21.4. The van der Waals surface area contributed by atoms with Crippen molar-refractivity contribution in [2.24, 2.45) is 0 Å². The average Bonchev–Trinajstić information content (AvgIpc) is 3.45. The van der Waals surface area contributed by atoms with Crippen LogP contribution >= 0.6 is 46.1 Å². The monoisotopic (exact) mass is 578 g/mol. The summed E-state index contributed by atoms with van der Waals surface area (Å²) in [6.07, 6.45) is 2.10. The zero-order chi connectivity index (χ0) is 26.8. The van der Waals surface area contributed by atoms with Crippen LogP contribution in [0.15, 0.2) is 78.5 Å². The number of carbonyl (C=O) groups is 2. The molecule has 0 spiro atoms. The lowest BCUT2D eigenvalue weighted by molar-refractivity contribution is -0.114. The van der Waals surface area contributed by atoms with Gasteiger partial charge in [-0.25, -0.2) is 4.98 Å². The molecule has 38 heavy (non-hydrogen) atoms. The molecule has 0 aliphatic carbocycles. The number of para-hydroxylation sites is 1. The van der Waals surface area contributed by atoms with Gasteiger partial charge in [-0.2, -0.15) is 5.26 Å². The third-order valence-corrected chi connectivity index (χ3v) is 7.68. The molecule has 2 heterocycles. The molecular formula is C28H17Cl3N4O2S. The van der Waals surface area contributed by atoms with Gasteiger partial charge in [0, 0.05) is 38.1 Å². The Morgan fingerprint density at radius 1 is 1.03 bits per heavy atom. The third kappa shape index (κ3) is 5.31. The van der Waals surface area contributed by atoms with Crippen molar-refractivity contribution in [2.45, 2.75) is 13.0 Å². The van der Waals surface area contributed by atoms with Gasteiger partial charge in [-0.15, -0.1) is 11.3 Å². The highest BCUT2D eigenvalue weighted by Gasteiger charge is 2.36. The van der Waals surface area contributed by atoms with E-state index in [-0.39, 0.29) is 17.7 Å². The van der Waals surface area contributed by atoms with E-state index in [1.807, 2.05) is 18.2 Å². The molecule has 2 amide bonds. The van der Waals surface area contributed by atoms with E-state index in [2.05, 4.69) is 10.3 Å². The summed E-state index contributed by atoms with van der Waals surface area (Å²) in [4.78, 5) is 33.4. The number of hydrogen-bond acceptors (Lipinski definition) is 5. The molecule has 1 aromatic heterocycles. The molecule has 10 heteroatoms. The number of hydrogen-bond donors (Lipinski definition) is 1. The van der Waals surface area contributed by atoms with Gasteiger partial charge in [0.25, 0.3) is 11.8 Å². The smallest absolute Gasteiger partial charge is 0.268 e. The predicted molar refractivity (Wildman–Crippen MR) is 152 cm³/mol. The third-order valence-electron chi connectivity index (χ3n) is 5.91. The number of amides is 2. The van der Waals surface area contributed by atoms with Crippen LogP contribution in [0.4, 0.5) is 10.8 Å². The average molecular weight is 580 g/mol. The molecule has 0 radical (unpaired) electrons. The van der Waals surface area contributed by atoms with Crippen molar-refractivity contribution in [3.8, 4) is 6.07 Å². The highest BCUT2D eigenvalue weighted by Crippen LogP contribution is 2.39. The zero-order valence-electron chi connectivity index (χ0n) is 19.5. The second kappa shape index (κ2) is 11.0. The van der Waals surface area contributed by atoms with Crippen LogP contribution in [0.3, 0.4) is 0 Å². The molecule has 0 unspecified atom stereocenters. The molecule has 0 saturated heterocycles. The van der Waals surface area contributed by atoms with Gasteiger partial charge in [0.05, 0.1) is 17.8 Å². The first kappa shape index (κ1) is 26.0. The summed E-state index contributed by atoms with van der Waals surface area (Å²) in [5, 5.41) is 14.6. The standard InChI is InChI=1S/C28H17Cl3N4O2S/c29-18-7-5-16(6-8-18)15-35-24-4-2-1-3-21(24)25(27(35)37)22(13-32)26(36)34-28-33-14-20(38-28)12-17-11-19(30)9-10-23(17)31/h1-11,14H,12,15H2,(H,33,34,36). The van der Waals surface area contributed by atoms with Crippen molar-refractivity contribution < 1.29 is 9.59 Å². The van der Waals surface area contributed by atoms with E-state index in [0.29, 0.717) is 37.9 Å². The van der Waals surface area contributed by atoms with E-state index < -0.39 is 11.8 Å². The van der Waals surface area contributed by atoms with Gasteiger partial charge >= 0.3 is 0 Å². The summed E-state index contributed by atoms with van der Waals surface area (Å²) in [7, 11) is 0. The maximum absolute atomic E-state index is 13.5. The second-order valence-electron chi connectivity index (χ2n) is 8.40. The number of nitrogens with zero attached hydrogens (tertiary/aromatic N) is 3. The number of anilines is 2. The number of carbonyl (C=O) groups excluding carboxylic acids is 2. The molecule has 1 aliphatic rings. The Morgan fingerprint density at radius 3 is 2.53 bits per heavy atom. The highest BCUT2D eigenvalue weighted by atomic mass is 35.5. The predicted octanol–water partition coefficient (Wildman–Crippen LogP) is 7.16. The van der Waals surface area contributed by atoms with Crippen molar-refractivity contribution in [3.05, 3.63) is 115 Å². The van der Waals surface area contributed by atoms with Gasteiger partial charge in [-0.1, -0.05) is 65.1 Å². The number of nitrogens with one attached hydrogen (secondary N) is 1. The lowest BCUT2D eigenvalue weighted by Crippen LogP contribution is -2.27. The van der Waals surface area contributed by atoms with Crippen molar-refractivity contribution >= 4 is 74.3 Å². The van der Waals surface area contributed by atoms with Gasteiger partial charge in [0.15, 0.2) is 5.13 Å². The van der Waals surface area contributed by atoms with Gasteiger partial charge in [0.1, 0.15) is 11.6 Å². The minimum atomic E-state index is -0.708. The van der Waals surface area contributed by atoms with Crippen LogP contribution in [0.2, 0.25) is 15.1 Å². The minimum Gasteiger partial charge on any atom is -0.303 e. The molecule has 6 nitrogen and oxygen atoms in total. The molecular weight excluding hydrogens is 563 g/mol. The van der Waals surface area contributed by atoms with Crippen LogP contribution in [0, 0.1) is 11.3 Å². The van der Waals surface area contributed by atoms with E-state index in [1.165, 1.54) is 11.3 Å². The first-order valence-electron chi connectivity index (χ1n) is 11.3. The van der Waals surface area contributed by atoms with E-state index in [1.54, 1.807) is 65.7 Å². The first-order valence-corrected chi connectivity index (χ1v) is 13.3. The summed E-state index contributed by atoms with van der Waals surface area (Å²) >= 11 is 19.6. The maximum atomic E-state index is 13.5. The number of nitriles is 1. The molecule has 0 fully saturated rings. The molecule has 1 aliphatic heterocycles. The first-order chi connectivity index (χ1) is 18.3. The van der Waals surface area contributed by atoms with Crippen LogP contribution < -0.4 is 10.2 Å². The SMILES string of the molecule is N#CC(C(=O)Nc1ncc(Cc2cc(Cl)ccc2Cl)s1)=C1C(=O)N(Cc2ccc(Cl)cc2)c2ccccc21. The Labute approximate surface area is 237 Å². The minimum absolute atomic E-state index is 0.0528. The van der Waals surface area contributed by atoms with Crippen LogP contribution in [0.1, 0.15) is 21.6 Å². The van der Waals surface area contributed by atoms with Gasteiger partial charge in [-0.3, -0.25) is 14.9 Å². The van der Waals surface area contributed by atoms with Crippen molar-refractivity contribution in [1.82, 2.24) is 4.98 Å². The second-order valence-corrected chi connectivity index (χ2v) is 10.8. The summed E-state index contributed by atoms with van der Waals surface area (Å²) < 4.78 is 0. The number of aromatic nitrogens is 1. The highest BCUT2D eigenvalue weighted by molar-refractivity contribution is 7.15. The maximum Gasteiger partial charge on any atom is 0.268 e. The molecule has 0 bridgehead atoms. The zero-order valence-corrected chi connectivity index (χ0v) is 22.6. The lowest BCUT2D eigenvalue weighted by atomic mass is 10.0. The van der Waals surface area contributed by atoms with Crippen molar-refractivity contribution in [1.29, 1.82) is 5.26 Å². The Kier molecular flexibility index (Phi) is 7.50. The molecule has 0 atom stereocenters. The Bertz CT molecular complexity index is 1640. The number of thiazole rings is 1. The molecule has 3 aromatic carbocycles. The van der Waals surface area contributed by atoms with Crippen LogP contribution in [-0.2, 0) is 22.6 Å². The molecule has 1 N–H and O–H groups in total. The van der Waals surface area contributed by atoms with Crippen LogP contribution in [-0.4, -0.2) is 16.8 Å². The van der Waals surface area contributed by atoms with E-state index in [0.717, 1.165) is 16.0 Å². The quantitative estimate of drug-likeness (QED) is 0.194. The number of fused-ring (bicyclic) bond motifs is 1. The Balaban J connectivity index is 1.41. The van der Waals surface area contributed by atoms with E-state index >= 15 is 0 Å². The molecule has 0 saturated carbocycles. The van der Waals surface area contributed by atoms with Gasteiger partial charge in [-0.05, 0) is 47.5 Å². The van der Waals surface area contributed by atoms with Crippen LogP contribution in [0.25, 0.3) is 5.57 Å². The van der Waals surface area contributed by atoms with E-state index in [4.69, 9.17) is 34.8 Å². The summed E-state index contributed by atoms with van der Waals surface area (Å²) in [5.74, 6) is -1.14. The fraction of sp³-hybridized carbons (Fsp3) is 0.0714. The number of rotatable bonds is 6. The lowest BCUT2D eigenvalue weighted by Gasteiger charge is -2.17. The van der Waals surface area contributed by atoms with Gasteiger partial charge in [0.2, 0.25) is 0 Å². The molecule has 5 rings (SSSR count). The summed E-state index contributed by atoms with van der Waals surface area (Å²) in [6.45, 7) is 0.263. The Hall–Kier alpha value is -3.67. The van der Waals surface area contributed by atoms with Crippen molar-refractivity contribution in [2.75, 3.05) is 10.2 Å². The van der Waals surface area contributed by atoms with Crippen LogP contribution in [0.5, 0.6) is 0 Å².